The van der Waals surface area contributed by atoms with Crippen molar-refractivity contribution in [1.82, 2.24) is 0 Å². The van der Waals surface area contributed by atoms with Gasteiger partial charge in [-0.2, -0.15) is 0 Å². The molecule has 7 nitrogen and oxygen atoms in total. The van der Waals surface area contributed by atoms with Crippen LogP contribution in [0.5, 0.6) is 5.75 Å². The van der Waals surface area contributed by atoms with E-state index < -0.39 is 24.5 Å². The third-order valence-electron chi connectivity index (χ3n) is 5.51. The molecule has 33 heavy (non-hydrogen) atoms. The summed E-state index contributed by atoms with van der Waals surface area (Å²) in [7, 11) is 1.33. The Labute approximate surface area is 195 Å². The van der Waals surface area contributed by atoms with Gasteiger partial charge in [0, 0.05) is 4.88 Å². The van der Waals surface area contributed by atoms with E-state index in [0.717, 1.165) is 53.3 Å². The second kappa shape index (κ2) is 10.5. The highest BCUT2D eigenvalue weighted by atomic mass is 32.1. The van der Waals surface area contributed by atoms with Crippen molar-refractivity contribution in [2.45, 2.75) is 32.1 Å². The van der Waals surface area contributed by atoms with Gasteiger partial charge in [-0.15, -0.1) is 11.3 Å². The summed E-state index contributed by atoms with van der Waals surface area (Å²) in [5.41, 5.74) is 1.37. The van der Waals surface area contributed by atoms with Crippen molar-refractivity contribution in [3.63, 3.8) is 0 Å². The Kier molecular flexibility index (Phi) is 7.24. The molecule has 8 heteroatoms. The van der Waals surface area contributed by atoms with Gasteiger partial charge < -0.3 is 19.5 Å². The Hall–Kier alpha value is -3.39. The number of hydrogen-bond donors (Lipinski definition) is 1. The van der Waals surface area contributed by atoms with Gasteiger partial charge in [-0.1, -0.05) is 36.8 Å². The first-order valence-corrected chi connectivity index (χ1v) is 11.7. The molecule has 0 fully saturated rings. The van der Waals surface area contributed by atoms with Crippen molar-refractivity contribution in [3.05, 3.63) is 58.5 Å². The second-order valence-corrected chi connectivity index (χ2v) is 8.87. The highest BCUT2D eigenvalue weighted by Gasteiger charge is 2.26. The van der Waals surface area contributed by atoms with Crippen molar-refractivity contribution in [2.75, 3.05) is 25.6 Å². The number of ether oxygens (including phenoxy) is 3. The van der Waals surface area contributed by atoms with E-state index in [4.69, 9.17) is 14.2 Å². The molecule has 0 spiro atoms. The molecule has 0 aliphatic heterocycles. The summed E-state index contributed by atoms with van der Waals surface area (Å²) in [4.78, 5) is 37.9. The Bertz CT molecular complexity index is 1180. The fourth-order valence-electron chi connectivity index (χ4n) is 3.90. The summed E-state index contributed by atoms with van der Waals surface area (Å²) in [6, 6.07) is 13.3. The number of anilines is 1. The van der Waals surface area contributed by atoms with Crippen molar-refractivity contribution in [2.24, 2.45) is 0 Å². The van der Waals surface area contributed by atoms with E-state index in [2.05, 4.69) is 5.32 Å². The van der Waals surface area contributed by atoms with Gasteiger partial charge in [0.1, 0.15) is 10.8 Å². The lowest BCUT2D eigenvalue weighted by Crippen LogP contribution is -2.24. The number of nitrogens with one attached hydrogen (secondary N) is 1. The van der Waals surface area contributed by atoms with E-state index >= 15 is 0 Å². The summed E-state index contributed by atoms with van der Waals surface area (Å²) in [5.74, 6) is -1.10. The minimum atomic E-state index is -0.659. The number of methoxy groups -OCH3 is 1. The molecule has 0 radical (unpaired) electrons. The SMILES string of the molecule is COC(=O)c1c(NC(=O)COC(=O)COc2ccc3ccccc3c2)sc2c1CCCCC2. The van der Waals surface area contributed by atoms with E-state index in [1.807, 2.05) is 36.4 Å². The molecule has 172 valence electrons. The summed E-state index contributed by atoms with van der Waals surface area (Å²) < 4.78 is 15.5. The fraction of sp³-hybridized carbons (Fsp3) is 0.320. The van der Waals surface area contributed by atoms with Gasteiger partial charge in [0.05, 0.1) is 12.7 Å². The van der Waals surface area contributed by atoms with Crippen LogP contribution in [0.4, 0.5) is 5.00 Å². The Morgan fingerprint density at radius 2 is 1.76 bits per heavy atom. The number of fused-ring (bicyclic) bond motifs is 2. The number of aryl methyl sites for hydroxylation is 1. The van der Waals surface area contributed by atoms with Gasteiger partial charge in [-0.25, -0.2) is 9.59 Å². The predicted molar refractivity (Wildman–Crippen MR) is 126 cm³/mol. The third-order valence-corrected chi connectivity index (χ3v) is 6.71. The van der Waals surface area contributed by atoms with Crippen LogP contribution in [-0.2, 0) is 31.9 Å². The molecule has 1 aromatic heterocycles. The monoisotopic (exact) mass is 467 g/mol. The van der Waals surface area contributed by atoms with Crippen molar-refractivity contribution >= 4 is 45.0 Å². The number of thiophene rings is 1. The number of hydrogen-bond acceptors (Lipinski definition) is 7. The third kappa shape index (κ3) is 5.51. The van der Waals surface area contributed by atoms with Crippen LogP contribution >= 0.6 is 11.3 Å². The maximum Gasteiger partial charge on any atom is 0.344 e. The number of carbonyl (C=O) groups excluding carboxylic acids is 3. The van der Waals surface area contributed by atoms with Crippen LogP contribution < -0.4 is 10.1 Å². The molecular weight excluding hydrogens is 442 g/mol. The van der Waals surface area contributed by atoms with E-state index in [0.29, 0.717) is 16.3 Å². The summed E-state index contributed by atoms with van der Waals surface area (Å²) in [6.07, 6.45) is 4.82. The first-order valence-electron chi connectivity index (χ1n) is 10.8. The Morgan fingerprint density at radius 1 is 0.970 bits per heavy atom. The molecule has 0 saturated heterocycles. The molecule has 4 rings (SSSR count). The molecule has 1 aliphatic rings. The zero-order valence-electron chi connectivity index (χ0n) is 18.3. The molecule has 2 aromatic carbocycles. The zero-order chi connectivity index (χ0) is 23.2. The second-order valence-electron chi connectivity index (χ2n) is 7.77. The highest BCUT2D eigenvalue weighted by molar-refractivity contribution is 7.17. The maximum atomic E-state index is 12.4. The first-order chi connectivity index (χ1) is 16.0. The summed E-state index contributed by atoms with van der Waals surface area (Å²) in [6.45, 7) is -0.782. The van der Waals surface area contributed by atoms with Gasteiger partial charge in [0.2, 0.25) is 0 Å². The first kappa shape index (κ1) is 22.8. The maximum absolute atomic E-state index is 12.4. The van der Waals surface area contributed by atoms with E-state index in [9.17, 15) is 14.4 Å². The number of carbonyl (C=O) groups is 3. The molecule has 0 unspecified atom stereocenters. The van der Waals surface area contributed by atoms with Crippen LogP contribution in [0.15, 0.2) is 42.5 Å². The normalized spacial score (nSPS) is 13.0. The molecule has 1 heterocycles. The molecule has 1 aliphatic carbocycles. The van der Waals surface area contributed by atoms with E-state index in [1.54, 1.807) is 6.07 Å². The Balaban J connectivity index is 1.32. The number of esters is 2. The molecule has 0 bridgehead atoms. The lowest BCUT2D eigenvalue weighted by atomic mass is 10.1. The average molecular weight is 468 g/mol. The molecular formula is C25H25NO6S. The van der Waals surface area contributed by atoms with Gasteiger partial charge >= 0.3 is 11.9 Å². The smallest absolute Gasteiger partial charge is 0.344 e. The predicted octanol–water partition coefficient (Wildman–Crippen LogP) is 4.52. The number of rotatable bonds is 7. The van der Waals surface area contributed by atoms with Gasteiger partial charge in [0.25, 0.3) is 5.91 Å². The van der Waals surface area contributed by atoms with Crippen molar-refractivity contribution < 1.29 is 28.6 Å². The molecule has 1 amide bonds. The van der Waals surface area contributed by atoms with Crippen LogP contribution in [0.3, 0.4) is 0 Å². The van der Waals surface area contributed by atoms with Gasteiger partial charge in [0.15, 0.2) is 13.2 Å². The summed E-state index contributed by atoms with van der Waals surface area (Å²) >= 11 is 1.39. The molecule has 1 N–H and O–H groups in total. The van der Waals surface area contributed by atoms with Gasteiger partial charge in [-0.3, -0.25) is 4.79 Å². The number of benzene rings is 2. The minimum Gasteiger partial charge on any atom is -0.482 e. The lowest BCUT2D eigenvalue weighted by molar-refractivity contribution is -0.149. The standard InChI is InChI=1S/C25H25NO6S/c1-30-25(29)23-19-9-3-2-4-10-20(19)33-24(23)26-21(27)14-32-22(28)15-31-18-12-11-16-7-5-6-8-17(16)13-18/h5-8,11-13H,2-4,9-10,14-15H2,1H3,(H,26,27). The topological polar surface area (TPSA) is 90.9 Å². The zero-order valence-corrected chi connectivity index (χ0v) is 19.2. The average Bonchev–Trinajstić information content (AvgIpc) is 3.00. The minimum absolute atomic E-state index is 0.313. The van der Waals surface area contributed by atoms with Crippen LogP contribution in [0, 0.1) is 0 Å². The lowest BCUT2D eigenvalue weighted by Gasteiger charge is -2.09. The van der Waals surface area contributed by atoms with Crippen LogP contribution in [0.2, 0.25) is 0 Å². The van der Waals surface area contributed by atoms with Crippen LogP contribution in [-0.4, -0.2) is 38.2 Å². The van der Waals surface area contributed by atoms with Gasteiger partial charge in [-0.05, 0) is 54.2 Å². The Morgan fingerprint density at radius 3 is 2.58 bits per heavy atom. The van der Waals surface area contributed by atoms with E-state index in [-0.39, 0.29) is 6.61 Å². The largest absolute Gasteiger partial charge is 0.482 e. The molecule has 3 aromatic rings. The van der Waals surface area contributed by atoms with Crippen molar-refractivity contribution in [1.29, 1.82) is 0 Å². The van der Waals surface area contributed by atoms with Crippen LogP contribution in [0.25, 0.3) is 10.8 Å². The highest BCUT2D eigenvalue weighted by Crippen LogP contribution is 2.37. The quantitative estimate of drug-likeness (QED) is 0.406. The fourth-order valence-corrected chi connectivity index (χ4v) is 5.19. The van der Waals surface area contributed by atoms with Crippen LogP contribution in [0.1, 0.15) is 40.1 Å². The molecule has 0 atom stereocenters. The van der Waals surface area contributed by atoms with E-state index in [1.165, 1.54) is 18.4 Å². The molecule has 0 saturated carbocycles. The summed E-state index contributed by atoms with van der Waals surface area (Å²) in [5, 5.41) is 5.23. The number of amides is 1. The van der Waals surface area contributed by atoms with Crippen molar-refractivity contribution in [3.8, 4) is 5.75 Å².